The summed E-state index contributed by atoms with van der Waals surface area (Å²) in [6.07, 6.45) is -3.77. The second kappa shape index (κ2) is 7.02. The van der Waals surface area contributed by atoms with Gasteiger partial charge in [-0.2, -0.15) is 5.10 Å². The molecule has 0 saturated carbocycles. The summed E-state index contributed by atoms with van der Waals surface area (Å²) >= 11 is 1.15. The number of benzene rings is 1. The van der Waals surface area contributed by atoms with Crippen LogP contribution in [0.25, 0.3) is 0 Å². The number of thioether (sulfide) groups is 1. The number of ether oxygens (including phenoxy) is 1. The molecule has 2 rings (SSSR count). The minimum absolute atomic E-state index is 0.205. The van der Waals surface area contributed by atoms with E-state index in [0.29, 0.717) is 5.17 Å². The quantitative estimate of drug-likeness (QED) is 0.398. The number of carbonyl (C=O) groups excluding carboxylic acids is 1. The maximum Gasteiger partial charge on any atom is 0.573 e. The van der Waals surface area contributed by atoms with Gasteiger partial charge in [0, 0.05) is 5.46 Å². The number of rotatable bonds is 4. The van der Waals surface area contributed by atoms with Crippen molar-refractivity contribution in [1.82, 2.24) is 5.32 Å². The Balaban J connectivity index is 2.17. The summed E-state index contributed by atoms with van der Waals surface area (Å²) in [7, 11) is -2.16. The topological polar surface area (TPSA) is 104 Å². The average Bonchev–Trinajstić information content (AvgIpc) is 2.84. The third kappa shape index (κ3) is 5.27. The third-order valence-corrected chi connectivity index (χ3v) is 3.34. The van der Waals surface area contributed by atoms with Crippen molar-refractivity contribution in [2.45, 2.75) is 6.36 Å². The van der Waals surface area contributed by atoms with E-state index >= 15 is 0 Å². The molecule has 1 aliphatic heterocycles. The van der Waals surface area contributed by atoms with Crippen molar-refractivity contribution in [3.05, 3.63) is 23.8 Å². The highest BCUT2D eigenvalue weighted by atomic mass is 32.2. The molecule has 3 N–H and O–H groups in total. The van der Waals surface area contributed by atoms with Crippen molar-refractivity contribution in [3.8, 4) is 5.75 Å². The van der Waals surface area contributed by atoms with E-state index in [9.17, 15) is 18.0 Å². The Labute approximate surface area is 132 Å². The summed E-state index contributed by atoms with van der Waals surface area (Å²) < 4.78 is 40.4. The summed E-state index contributed by atoms with van der Waals surface area (Å²) in [4.78, 5) is 10.9. The Bertz CT molecular complexity index is 666. The zero-order chi connectivity index (χ0) is 17.0. The molecular weight excluding hydrogens is 338 g/mol. The van der Waals surface area contributed by atoms with Gasteiger partial charge in [-0.15, -0.1) is 18.3 Å². The van der Waals surface area contributed by atoms with Gasteiger partial charge in [-0.3, -0.25) is 4.79 Å². The second-order valence-electron chi connectivity index (χ2n) is 4.21. The molecular formula is C11H9BF3N3O4S. The summed E-state index contributed by atoms with van der Waals surface area (Å²) in [5.41, 5.74) is -0.205. The van der Waals surface area contributed by atoms with E-state index < -0.39 is 24.7 Å². The minimum atomic E-state index is -4.96. The van der Waals surface area contributed by atoms with Gasteiger partial charge in [-0.25, -0.2) is 0 Å². The fraction of sp³-hybridized carbons (Fsp3) is 0.182. The summed E-state index contributed by atoms with van der Waals surface area (Å²) in [5, 5.41) is 28.4. The van der Waals surface area contributed by atoms with Crippen molar-refractivity contribution in [2.24, 2.45) is 10.2 Å². The summed E-state index contributed by atoms with van der Waals surface area (Å²) in [6, 6.07) is 3.23. The molecule has 0 radical (unpaired) electrons. The lowest BCUT2D eigenvalue weighted by Crippen LogP contribution is -2.34. The Hall–Kier alpha value is -2.05. The molecule has 0 bridgehead atoms. The zero-order valence-corrected chi connectivity index (χ0v) is 12.1. The van der Waals surface area contributed by atoms with Crippen LogP contribution in [0.5, 0.6) is 5.75 Å². The Morgan fingerprint density at radius 3 is 2.70 bits per heavy atom. The zero-order valence-electron chi connectivity index (χ0n) is 11.2. The van der Waals surface area contributed by atoms with Crippen LogP contribution in [-0.4, -0.2) is 46.6 Å². The van der Waals surface area contributed by atoms with Crippen LogP contribution >= 0.6 is 11.8 Å². The number of carbonyl (C=O) groups is 1. The van der Waals surface area contributed by atoms with Gasteiger partial charge in [-0.1, -0.05) is 11.8 Å². The third-order valence-electron chi connectivity index (χ3n) is 2.48. The predicted octanol–water partition coefficient (Wildman–Crippen LogP) is -0.182. The molecule has 1 saturated heterocycles. The van der Waals surface area contributed by atoms with Gasteiger partial charge in [0.05, 0.1) is 12.0 Å². The number of nitrogens with zero attached hydrogens (tertiary/aromatic N) is 2. The minimum Gasteiger partial charge on any atom is -0.423 e. The molecule has 0 unspecified atom stereocenters. The summed E-state index contributed by atoms with van der Waals surface area (Å²) in [5.74, 6) is -0.698. The van der Waals surface area contributed by atoms with E-state index in [0.717, 1.165) is 23.9 Å². The number of amides is 1. The second-order valence-corrected chi connectivity index (χ2v) is 5.17. The van der Waals surface area contributed by atoms with E-state index in [-0.39, 0.29) is 17.2 Å². The molecule has 1 amide bonds. The first-order valence-electron chi connectivity index (χ1n) is 6.04. The van der Waals surface area contributed by atoms with Gasteiger partial charge in [0.2, 0.25) is 5.91 Å². The fourth-order valence-electron chi connectivity index (χ4n) is 1.59. The van der Waals surface area contributed by atoms with Crippen LogP contribution in [0.4, 0.5) is 13.2 Å². The first-order valence-corrected chi connectivity index (χ1v) is 7.02. The van der Waals surface area contributed by atoms with E-state index in [4.69, 9.17) is 10.0 Å². The molecule has 0 spiro atoms. The number of halogens is 3. The molecule has 1 fully saturated rings. The Morgan fingerprint density at radius 1 is 1.39 bits per heavy atom. The SMILES string of the molecule is O=C1CSC(=NN=Cc2ccc(OC(F)(F)F)c(B(O)O)c2)N1. The largest absolute Gasteiger partial charge is 0.573 e. The first-order chi connectivity index (χ1) is 10.7. The molecule has 7 nitrogen and oxygen atoms in total. The molecule has 1 aromatic rings. The molecule has 12 heteroatoms. The Kier molecular flexibility index (Phi) is 5.28. The van der Waals surface area contributed by atoms with Gasteiger partial charge < -0.3 is 20.1 Å². The van der Waals surface area contributed by atoms with Gasteiger partial charge >= 0.3 is 13.5 Å². The maximum absolute atomic E-state index is 12.2. The number of hydrogen-bond acceptors (Lipinski definition) is 7. The normalized spacial score (nSPS) is 16.9. The smallest absolute Gasteiger partial charge is 0.423 e. The molecule has 0 atom stereocenters. The molecule has 122 valence electrons. The lowest BCUT2D eigenvalue weighted by atomic mass is 9.79. The summed E-state index contributed by atoms with van der Waals surface area (Å²) in [6.45, 7) is 0. The van der Waals surface area contributed by atoms with Crippen LogP contribution in [0.3, 0.4) is 0 Å². The van der Waals surface area contributed by atoms with Gasteiger partial charge in [-0.05, 0) is 23.8 Å². The highest BCUT2D eigenvalue weighted by molar-refractivity contribution is 8.15. The van der Waals surface area contributed by atoms with Crippen LogP contribution in [0, 0.1) is 0 Å². The van der Waals surface area contributed by atoms with Crippen LogP contribution in [0.2, 0.25) is 0 Å². The van der Waals surface area contributed by atoms with Gasteiger partial charge in [0.15, 0.2) is 5.17 Å². The van der Waals surface area contributed by atoms with E-state index in [1.807, 2.05) is 0 Å². The molecule has 23 heavy (non-hydrogen) atoms. The molecule has 0 aromatic heterocycles. The Morgan fingerprint density at radius 2 is 2.13 bits per heavy atom. The van der Waals surface area contributed by atoms with Crippen molar-refractivity contribution < 1.29 is 32.8 Å². The van der Waals surface area contributed by atoms with E-state index in [2.05, 4.69) is 20.3 Å². The van der Waals surface area contributed by atoms with Gasteiger partial charge in [0.25, 0.3) is 0 Å². The highest BCUT2D eigenvalue weighted by Gasteiger charge is 2.33. The number of hydrogen-bond donors (Lipinski definition) is 3. The molecule has 0 aliphatic carbocycles. The first kappa shape index (κ1) is 17.3. The van der Waals surface area contributed by atoms with Crippen LogP contribution in [0.1, 0.15) is 5.56 Å². The highest BCUT2D eigenvalue weighted by Crippen LogP contribution is 2.21. The van der Waals surface area contributed by atoms with Crippen LogP contribution in [0.15, 0.2) is 28.4 Å². The number of alkyl halides is 3. The molecule has 1 aliphatic rings. The van der Waals surface area contributed by atoms with Crippen molar-refractivity contribution in [2.75, 3.05) is 5.75 Å². The average molecular weight is 347 g/mol. The van der Waals surface area contributed by atoms with E-state index in [1.54, 1.807) is 0 Å². The monoisotopic (exact) mass is 347 g/mol. The van der Waals surface area contributed by atoms with Crippen molar-refractivity contribution >= 4 is 41.6 Å². The molecule has 1 aromatic carbocycles. The van der Waals surface area contributed by atoms with Gasteiger partial charge in [0.1, 0.15) is 5.75 Å². The standard InChI is InChI=1S/C11H9BF3N3O4S/c13-11(14,15)22-8-2-1-6(3-7(8)12(20)21)4-16-18-10-17-9(19)5-23-10/h1-4,20-21H,5H2,(H,17,18,19). The van der Waals surface area contributed by atoms with Crippen LogP contribution < -0.4 is 15.5 Å². The maximum atomic E-state index is 12.2. The lowest BCUT2D eigenvalue weighted by Gasteiger charge is -2.13. The molecule has 1 heterocycles. The van der Waals surface area contributed by atoms with Crippen molar-refractivity contribution in [1.29, 1.82) is 0 Å². The predicted molar refractivity (Wildman–Crippen MR) is 78.6 cm³/mol. The number of nitrogens with one attached hydrogen (secondary N) is 1. The fourth-order valence-corrected chi connectivity index (χ4v) is 2.22. The van der Waals surface area contributed by atoms with Crippen molar-refractivity contribution in [3.63, 3.8) is 0 Å². The van der Waals surface area contributed by atoms with E-state index in [1.165, 1.54) is 12.3 Å². The lowest BCUT2D eigenvalue weighted by molar-refractivity contribution is -0.274. The number of amidine groups is 1. The van der Waals surface area contributed by atoms with Crippen LogP contribution in [-0.2, 0) is 4.79 Å².